The van der Waals surface area contributed by atoms with E-state index in [2.05, 4.69) is 31.9 Å². The molecule has 2 aromatic carbocycles. The Hall–Kier alpha value is -4.20. The normalized spacial score (nSPS) is 20.7. The van der Waals surface area contributed by atoms with Crippen LogP contribution < -0.4 is 38.9 Å². The summed E-state index contributed by atoms with van der Waals surface area (Å²) in [5.41, 5.74) is 25.3. The van der Waals surface area contributed by atoms with Gasteiger partial charge in [0.25, 0.3) is 0 Å². The van der Waals surface area contributed by atoms with Gasteiger partial charge in [-0.1, -0.05) is 40.2 Å². The molecule has 0 aromatic heterocycles. The molecule has 11 N–H and O–H groups in total. The number of rotatable bonds is 16. The Kier molecular flexibility index (Phi) is 18.6. The number of anilines is 1. The van der Waals surface area contributed by atoms with Gasteiger partial charge >= 0.3 is 0 Å². The topological polar surface area (TPSA) is 238 Å². The Morgan fingerprint density at radius 2 is 1.16 bits per heavy atom. The van der Waals surface area contributed by atoms with E-state index in [-0.39, 0.29) is 44.0 Å². The van der Waals surface area contributed by atoms with Crippen LogP contribution in [0.5, 0.6) is 0 Å². The van der Waals surface area contributed by atoms with E-state index >= 15 is 0 Å². The van der Waals surface area contributed by atoms with Crippen molar-refractivity contribution in [2.75, 3.05) is 83.9 Å². The van der Waals surface area contributed by atoms with Gasteiger partial charge in [-0.2, -0.15) is 0 Å². The van der Waals surface area contributed by atoms with E-state index in [1.807, 2.05) is 68.1 Å². The zero-order valence-electron chi connectivity index (χ0n) is 32.5. The first-order chi connectivity index (χ1) is 27.2. The third-order valence-corrected chi connectivity index (χ3v) is 11.3. The molecule has 1 saturated heterocycles. The lowest BCUT2D eigenvalue weighted by molar-refractivity contribution is -0.126. The highest BCUT2D eigenvalue weighted by Crippen LogP contribution is 2.29. The highest BCUT2D eigenvalue weighted by molar-refractivity contribution is 9.10. The summed E-state index contributed by atoms with van der Waals surface area (Å²) in [6, 6.07) is 15.5. The fraction of sp³-hybridized carbons (Fsp3) is 0.538. The van der Waals surface area contributed by atoms with E-state index in [1.54, 1.807) is 0 Å². The molecule has 1 unspecified atom stereocenters. The molecule has 0 bridgehead atoms. The summed E-state index contributed by atoms with van der Waals surface area (Å²) in [6.45, 7) is 4.09. The largest absolute Gasteiger partial charge is 0.369 e. The van der Waals surface area contributed by atoms with Crippen molar-refractivity contribution < 1.29 is 24.0 Å². The SMILES string of the molecule is NC(=O)CN1CCN(CC(N)=O)CCN(CC(N)=O)C(Cc2ccc(NC(=S)NCC3CCC(C(=O)NCc4ccc(Br)cc4)CC3)cc2)CN(CC(N)=O)CC1. The molecular formula is C39H58BrN11O5S. The number of nitrogens with one attached hydrogen (secondary N) is 3. The van der Waals surface area contributed by atoms with E-state index in [4.69, 9.17) is 35.2 Å². The summed E-state index contributed by atoms with van der Waals surface area (Å²) in [7, 11) is 0. The van der Waals surface area contributed by atoms with Crippen molar-refractivity contribution in [2.45, 2.75) is 44.7 Å². The summed E-state index contributed by atoms with van der Waals surface area (Å²) in [5, 5.41) is 10.2. The summed E-state index contributed by atoms with van der Waals surface area (Å²) in [4.78, 5) is 68.7. The van der Waals surface area contributed by atoms with Crippen molar-refractivity contribution in [1.29, 1.82) is 0 Å². The van der Waals surface area contributed by atoms with Gasteiger partial charge in [-0.05, 0) is 85.6 Å². The summed E-state index contributed by atoms with van der Waals surface area (Å²) < 4.78 is 1.01. The van der Waals surface area contributed by atoms with Crippen molar-refractivity contribution >= 4 is 68.5 Å². The molecule has 1 atom stereocenters. The van der Waals surface area contributed by atoms with Crippen molar-refractivity contribution in [3.05, 3.63) is 64.1 Å². The molecule has 2 aliphatic rings. The van der Waals surface area contributed by atoms with Crippen LogP contribution in [0.3, 0.4) is 0 Å². The van der Waals surface area contributed by atoms with E-state index in [9.17, 15) is 24.0 Å². The van der Waals surface area contributed by atoms with Gasteiger partial charge < -0.3 is 38.9 Å². The van der Waals surface area contributed by atoms with Gasteiger partial charge in [-0.25, -0.2) is 0 Å². The quantitative estimate of drug-likeness (QED) is 0.110. The number of carbonyl (C=O) groups excluding carboxylic acids is 5. The minimum Gasteiger partial charge on any atom is -0.369 e. The summed E-state index contributed by atoms with van der Waals surface area (Å²) >= 11 is 9.06. The van der Waals surface area contributed by atoms with Gasteiger partial charge in [-0.3, -0.25) is 43.6 Å². The number of hydrogen-bond donors (Lipinski definition) is 7. The number of amides is 5. The molecule has 18 heteroatoms. The fourth-order valence-electron chi connectivity index (χ4n) is 7.44. The van der Waals surface area contributed by atoms with E-state index in [0.717, 1.165) is 47.0 Å². The predicted octanol–water partition coefficient (Wildman–Crippen LogP) is -0.0678. The molecule has 2 fully saturated rings. The maximum Gasteiger partial charge on any atom is 0.231 e. The lowest BCUT2D eigenvalue weighted by Crippen LogP contribution is -2.54. The van der Waals surface area contributed by atoms with Crippen molar-refractivity contribution in [3.63, 3.8) is 0 Å². The first-order valence-corrected chi connectivity index (χ1v) is 20.6. The van der Waals surface area contributed by atoms with Gasteiger partial charge in [0.05, 0.1) is 26.2 Å². The number of benzene rings is 2. The Bertz CT molecular complexity index is 1660. The van der Waals surface area contributed by atoms with Crippen LogP contribution in [0.25, 0.3) is 0 Å². The minimum absolute atomic E-state index is 0.00661. The number of carbonyl (C=O) groups is 5. The number of hydrogen-bond acceptors (Lipinski definition) is 10. The average Bonchev–Trinajstić information content (AvgIpc) is 3.15. The van der Waals surface area contributed by atoms with Crippen molar-refractivity contribution in [3.8, 4) is 0 Å². The Labute approximate surface area is 348 Å². The molecule has 16 nitrogen and oxygen atoms in total. The molecular weight excluding hydrogens is 814 g/mol. The number of halogens is 1. The second-order valence-electron chi connectivity index (χ2n) is 15.1. The van der Waals surface area contributed by atoms with E-state index in [0.29, 0.717) is 76.4 Å². The molecule has 312 valence electrons. The first kappa shape index (κ1) is 45.5. The van der Waals surface area contributed by atoms with Gasteiger partial charge in [0.1, 0.15) is 0 Å². The van der Waals surface area contributed by atoms with E-state index < -0.39 is 23.6 Å². The van der Waals surface area contributed by atoms with Crippen LogP contribution >= 0.6 is 28.1 Å². The van der Waals surface area contributed by atoms with Gasteiger partial charge in [0, 0.05) is 81.0 Å². The number of nitrogens with zero attached hydrogens (tertiary/aromatic N) is 4. The first-order valence-electron chi connectivity index (χ1n) is 19.4. The molecule has 5 amide bonds. The number of nitrogens with two attached hydrogens (primary N) is 4. The van der Waals surface area contributed by atoms with Crippen LogP contribution in [0.4, 0.5) is 5.69 Å². The van der Waals surface area contributed by atoms with Crippen LogP contribution in [-0.4, -0.2) is 139 Å². The predicted molar refractivity (Wildman–Crippen MR) is 227 cm³/mol. The Morgan fingerprint density at radius 1 is 0.649 bits per heavy atom. The van der Waals surface area contributed by atoms with Crippen molar-refractivity contribution in [2.24, 2.45) is 34.8 Å². The Balaban J connectivity index is 1.34. The van der Waals surface area contributed by atoms with Gasteiger partial charge in [0.2, 0.25) is 29.5 Å². The monoisotopic (exact) mass is 871 g/mol. The standard InChI is InChI=1S/C39H58BrN11O5S/c40-31-9-3-29(4-10-31)20-45-38(56)30-7-1-28(2-8-30)21-46-39(57)47-32-11-5-27(6-12-32)19-33-22-50(25-36(43)54)16-15-48(23-34(41)52)13-14-49(24-35(42)53)17-18-51(33)26-37(44)55/h3-6,9-12,28,30,33H,1-2,7-8,13-26H2,(H2,41,52)(H2,42,53)(H2,43,54)(H2,44,55)(H,45,56)(H2,46,47,57). The van der Waals surface area contributed by atoms with Gasteiger partial charge in [0.15, 0.2) is 5.11 Å². The van der Waals surface area contributed by atoms with Crippen LogP contribution in [0.2, 0.25) is 0 Å². The highest BCUT2D eigenvalue weighted by Gasteiger charge is 2.28. The van der Waals surface area contributed by atoms with Crippen LogP contribution in [0, 0.1) is 11.8 Å². The van der Waals surface area contributed by atoms with Gasteiger partial charge in [-0.15, -0.1) is 0 Å². The summed E-state index contributed by atoms with van der Waals surface area (Å²) in [6.07, 6.45) is 4.09. The lowest BCUT2D eigenvalue weighted by atomic mass is 9.81. The molecule has 1 heterocycles. The third kappa shape index (κ3) is 17.1. The average molecular weight is 873 g/mol. The zero-order valence-corrected chi connectivity index (χ0v) is 34.9. The van der Waals surface area contributed by atoms with Crippen LogP contribution in [0.15, 0.2) is 53.0 Å². The van der Waals surface area contributed by atoms with Crippen molar-refractivity contribution in [1.82, 2.24) is 30.2 Å². The zero-order chi connectivity index (χ0) is 41.3. The highest BCUT2D eigenvalue weighted by atomic mass is 79.9. The maximum atomic E-state index is 12.8. The minimum atomic E-state index is -0.505. The second-order valence-corrected chi connectivity index (χ2v) is 16.4. The van der Waals surface area contributed by atoms with E-state index in [1.165, 1.54) is 0 Å². The molecule has 57 heavy (non-hydrogen) atoms. The fourth-order valence-corrected chi connectivity index (χ4v) is 7.91. The van der Waals surface area contributed by atoms with Crippen LogP contribution in [-0.2, 0) is 36.9 Å². The molecule has 1 saturated carbocycles. The Morgan fingerprint density at radius 3 is 1.72 bits per heavy atom. The summed E-state index contributed by atoms with van der Waals surface area (Å²) in [5.74, 6) is -1.43. The molecule has 2 aromatic rings. The lowest BCUT2D eigenvalue weighted by Gasteiger charge is -2.38. The number of primary amides is 4. The molecule has 1 aliphatic heterocycles. The molecule has 0 spiro atoms. The molecule has 4 rings (SSSR count). The smallest absolute Gasteiger partial charge is 0.231 e. The number of thiocarbonyl (C=S) groups is 1. The second kappa shape index (κ2) is 23.3. The molecule has 0 radical (unpaired) electrons. The third-order valence-electron chi connectivity index (χ3n) is 10.5. The maximum absolute atomic E-state index is 12.8. The van der Waals surface area contributed by atoms with Crippen LogP contribution in [0.1, 0.15) is 36.8 Å². The molecule has 1 aliphatic carbocycles.